The van der Waals surface area contributed by atoms with E-state index in [4.69, 9.17) is 0 Å². The van der Waals surface area contributed by atoms with Crippen molar-refractivity contribution in [3.05, 3.63) is 77.9 Å². The summed E-state index contributed by atoms with van der Waals surface area (Å²) >= 11 is 0. The Morgan fingerprint density at radius 2 is 1.61 bits per heavy atom. The van der Waals surface area contributed by atoms with Crippen molar-refractivity contribution in [2.45, 2.75) is 37.3 Å². The zero-order chi connectivity index (χ0) is 18.7. The van der Waals surface area contributed by atoms with E-state index >= 15 is 0 Å². The maximum Gasteiger partial charge on any atom is 0.229 e. The van der Waals surface area contributed by atoms with Gasteiger partial charge in [-0.05, 0) is 53.3 Å². The molecule has 1 spiro atoms. The molecule has 3 heteroatoms. The van der Waals surface area contributed by atoms with Crippen LogP contribution in [-0.4, -0.2) is 29.4 Å². The molecule has 2 saturated heterocycles. The zero-order valence-corrected chi connectivity index (χ0v) is 16.0. The third-order valence-corrected chi connectivity index (χ3v) is 7.18. The van der Waals surface area contributed by atoms with Gasteiger partial charge in [0.25, 0.3) is 0 Å². The lowest BCUT2D eigenvalue weighted by molar-refractivity contribution is -0.129. The molecule has 6 rings (SSSR count). The highest BCUT2D eigenvalue weighted by Gasteiger charge is 2.53. The largest absolute Gasteiger partial charge is 0.306 e. The summed E-state index contributed by atoms with van der Waals surface area (Å²) in [5.74, 6) is 0.276. The summed E-state index contributed by atoms with van der Waals surface area (Å²) in [6.07, 6.45) is 3.95. The van der Waals surface area contributed by atoms with Gasteiger partial charge in [0, 0.05) is 24.8 Å². The molecule has 2 aliphatic heterocycles. The highest BCUT2D eigenvalue weighted by Crippen LogP contribution is 2.47. The molecule has 2 heterocycles. The van der Waals surface area contributed by atoms with E-state index in [0.29, 0.717) is 12.5 Å². The van der Waals surface area contributed by atoms with Gasteiger partial charge in [-0.1, -0.05) is 54.6 Å². The minimum Gasteiger partial charge on any atom is -0.306 e. The van der Waals surface area contributed by atoms with Gasteiger partial charge in [0.15, 0.2) is 0 Å². The summed E-state index contributed by atoms with van der Waals surface area (Å²) in [6.45, 7) is 2.12. The van der Waals surface area contributed by atoms with Crippen molar-refractivity contribution in [3.8, 4) is 0 Å². The van der Waals surface area contributed by atoms with Gasteiger partial charge in [0.05, 0.1) is 12.0 Å². The fourth-order valence-corrected chi connectivity index (χ4v) is 5.80. The summed E-state index contributed by atoms with van der Waals surface area (Å²) in [4.78, 5) is 17.2. The first-order valence-electron chi connectivity index (χ1n) is 10.4. The number of carbonyl (C=O) groups excluding carboxylic acids is 1. The number of nitrogens with zero attached hydrogens (tertiary/aromatic N) is 2. The normalized spacial score (nSPS) is 23.4. The van der Waals surface area contributed by atoms with Crippen LogP contribution in [0, 0.1) is 0 Å². The number of para-hydroxylation sites is 1. The average Bonchev–Trinajstić information content (AvgIpc) is 3.10. The van der Waals surface area contributed by atoms with Crippen molar-refractivity contribution in [1.82, 2.24) is 4.90 Å². The van der Waals surface area contributed by atoms with Crippen LogP contribution in [0.1, 0.15) is 36.4 Å². The highest BCUT2D eigenvalue weighted by molar-refractivity contribution is 6.02. The molecule has 3 nitrogen and oxygen atoms in total. The van der Waals surface area contributed by atoms with E-state index in [0.717, 1.165) is 38.0 Å². The Balaban J connectivity index is 1.25. The number of hydrogen-bond donors (Lipinski definition) is 0. The molecule has 1 atom stereocenters. The predicted octanol–water partition coefficient (Wildman–Crippen LogP) is 4.71. The average molecular weight is 368 g/mol. The molecule has 1 aliphatic carbocycles. The summed E-state index contributed by atoms with van der Waals surface area (Å²) in [7, 11) is 0. The van der Waals surface area contributed by atoms with Gasteiger partial charge in [-0.2, -0.15) is 0 Å². The number of carbonyl (C=O) groups is 1. The van der Waals surface area contributed by atoms with Gasteiger partial charge in [-0.15, -0.1) is 0 Å². The van der Waals surface area contributed by atoms with Crippen molar-refractivity contribution in [2.24, 2.45) is 0 Å². The van der Waals surface area contributed by atoms with Crippen LogP contribution in [0.5, 0.6) is 0 Å². The van der Waals surface area contributed by atoms with Gasteiger partial charge in [-0.3, -0.25) is 9.69 Å². The summed E-state index contributed by atoms with van der Waals surface area (Å²) < 4.78 is 0. The van der Waals surface area contributed by atoms with E-state index in [-0.39, 0.29) is 11.4 Å². The lowest BCUT2D eigenvalue weighted by atomic mass is 9.75. The lowest BCUT2D eigenvalue weighted by Crippen LogP contribution is -2.67. The second kappa shape index (κ2) is 5.92. The topological polar surface area (TPSA) is 23.6 Å². The van der Waals surface area contributed by atoms with Gasteiger partial charge < -0.3 is 4.90 Å². The summed E-state index contributed by atoms with van der Waals surface area (Å²) in [5, 5.41) is 2.84. The van der Waals surface area contributed by atoms with Crippen molar-refractivity contribution >= 4 is 22.4 Å². The second-order valence-corrected chi connectivity index (χ2v) is 8.58. The van der Waals surface area contributed by atoms with E-state index in [1.807, 2.05) is 18.2 Å². The van der Waals surface area contributed by atoms with Crippen LogP contribution < -0.4 is 4.90 Å². The fourth-order valence-electron chi connectivity index (χ4n) is 5.80. The summed E-state index contributed by atoms with van der Waals surface area (Å²) in [6, 6.07) is 24.1. The van der Waals surface area contributed by atoms with E-state index in [2.05, 4.69) is 58.3 Å². The second-order valence-electron chi connectivity index (χ2n) is 8.58. The molecule has 140 valence electrons. The van der Waals surface area contributed by atoms with Crippen molar-refractivity contribution in [1.29, 1.82) is 0 Å². The van der Waals surface area contributed by atoms with Crippen LogP contribution in [0.2, 0.25) is 0 Å². The number of β-lactam (4-membered cyclic amide) rings is 1. The molecule has 0 aromatic heterocycles. The Morgan fingerprint density at radius 3 is 2.36 bits per heavy atom. The Morgan fingerprint density at radius 1 is 0.857 bits per heavy atom. The van der Waals surface area contributed by atoms with Crippen LogP contribution >= 0.6 is 0 Å². The molecule has 0 bridgehead atoms. The SMILES string of the molecule is O=C1CC2(CCN(C3Cc4cccc5cccc3c45)CC2)N1c1ccccc1. The molecule has 28 heavy (non-hydrogen) atoms. The Hall–Kier alpha value is -2.65. The molecule has 1 amide bonds. The smallest absolute Gasteiger partial charge is 0.229 e. The first kappa shape index (κ1) is 16.3. The number of piperidine rings is 1. The number of amides is 1. The van der Waals surface area contributed by atoms with Crippen molar-refractivity contribution in [2.75, 3.05) is 18.0 Å². The highest BCUT2D eigenvalue weighted by atomic mass is 16.2. The third kappa shape index (κ3) is 2.23. The van der Waals surface area contributed by atoms with Gasteiger partial charge in [0.2, 0.25) is 5.91 Å². The number of hydrogen-bond acceptors (Lipinski definition) is 2. The van der Waals surface area contributed by atoms with E-state index in [1.54, 1.807) is 0 Å². The van der Waals surface area contributed by atoms with Crippen molar-refractivity contribution < 1.29 is 4.79 Å². The van der Waals surface area contributed by atoms with Crippen LogP contribution in [0.15, 0.2) is 66.7 Å². The molecular weight excluding hydrogens is 344 g/mol. The molecule has 3 aromatic rings. The first-order valence-corrected chi connectivity index (χ1v) is 10.4. The number of likely N-dealkylation sites (tertiary alicyclic amines) is 1. The van der Waals surface area contributed by atoms with Gasteiger partial charge in [-0.25, -0.2) is 0 Å². The van der Waals surface area contributed by atoms with E-state index < -0.39 is 0 Å². The Kier molecular flexibility index (Phi) is 3.45. The van der Waals surface area contributed by atoms with Crippen LogP contribution in [0.3, 0.4) is 0 Å². The fraction of sp³-hybridized carbons (Fsp3) is 0.320. The summed E-state index contributed by atoms with van der Waals surface area (Å²) in [5.41, 5.74) is 4.08. The molecule has 0 radical (unpaired) electrons. The van der Waals surface area contributed by atoms with E-state index in [1.165, 1.54) is 21.9 Å². The van der Waals surface area contributed by atoms with Gasteiger partial charge >= 0.3 is 0 Å². The number of anilines is 1. The number of rotatable bonds is 2. The molecule has 0 saturated carbocycles. The maximum absolute atomic E-state index is 12.4. The quantitative estimate of drug-likeness (QED) is 0.612. The van der Waals surface area contributed by atoms with Crippen LogP contribution in [0.25, 0.3) is 10.8 Å². The van der Waals surface area contributed by atoms with E-state index in [9.17, 15) is 4.79 Å². The number of benzene rings is 3. The minimum atomic E-state index is 0.0341. The Labute approximate surface area is 165 Å². The molecule has 2 fully saturated rings. The molecular formula is C25H24N2O. The maximum atomic E-state index is 12.4. The molecule has 1 unspecified atom stereocenters. The first-order chi connectivity index (χ1) is 13.8. The monoisotopic (exact) mass is 368 g/mol. The Bertz CT molecular complexity index is 1060. The zero-order valence-electron chi connectivity index (χ0n) is 16.0. The molecule has 0 N–H and O–H groups in total. The van der Waals surface area contributed by atoms with Gasteiger partial charge in [0.1, 0.15) is 0 Å². The standard InChI is InChI=1S/C25H24N2O/c28-23-17-25(27(23)20-9-2-1-3-10-20)12-14-26(15-13-25)22-16-19-8-4-6-18-7-5-11-21(22)24(18)19/h1-11,22H,12-17H2. The molecule has 3 aromatic carbocycles. The predicted molar refractivity (Wildman–Crippen MR) is 112 cm³/mol. The van der Waals surface area contributed by atoms with Crippen LogP contribution in [-0.2, 0) is 11.2 Å². The lowest BCUT2D eigenvalue weighted by Gasteiger charge is -2.56. The van der Waals surface area contributed by atoms with Crippen LogP contribution in [0.4, 0.5) is 5.69 Å². The molecule has 3 aliphatic rings. The third-order valence-electron chi connectivity index (χ3n) is 7.18. The minimum absolute atomic E-state index is 0.0341. The van der Waals surface area contributed by atoms with Crippen molar-refractivity contribution in [3.63, 3.8) is 0 Å².